The highest BCUT2D eigenvalue weighted by molar-refractivity contribution is 9.10. The van der Waals surface area contributed by atoms with Crippen LogP contribution in [-0.4, -0.2) is 4.99 Å². The van der Waals surface area contributed by atoms with Crippen LogP contribution < -0.4 is 11.1 Å². The Morgan fingerprint density at radius 3 is 2.70 bits per heavy atom. The van der Waals surface area contributed by atoms with E-state index in [1.807, 2.05) is 0 Å². The number of anilines is 1. The average Bonchev–Trinajstić information content (AvgIpc) is 2.70. The Balaban J connectivity index is 2.18. The van der Waals surface area contributed by atoms with E-state index in [2.05, 4.69) is 41.2 Å². The number of nitrogens with two attached hydrogens (primary N) is 1. The van der Waals surface area contributed by atoms with Crippen molar-refractivity contribution in [2.24, 2.45) is 5.73 Å². The zero-order valence-corrected chi connectivity index (χ0v) is 14.3. The Labute approximate surface area is 135 Å². The Hall–Kier alpha value is -0.980. The van der Waals surface area contributed by atoms with Crippen LogP contribution in [-0.2, 0) is 6.54 Å². The molecule has 0 saturated heterocycles. The van der Waals surface area contributed by atoms with E-state index in [9.17, 15) is 4.39 Å². The molecule has 106 valence electrons. The van der Waals surface area contributed by atoms with Gasteiger partial charge in [0.25, 0.3) is 0 Å². The third-order valence-corrected chi connectivity index (χ3v) is 5.17. The maximum atomic E-state index is 14.2. The van der Waals surface area contributed by atoms with Crippen molar-refractivity contribution in [3.63, 3.8) is 0 Å². The van der Waals surface area contributed by atoms with Crippen LogP contribution in [0.3, 0.4) is 0 Å². The summed E-state index contributed by atoms with van der Waals surface area (Å²) >= 11 is 9.78. The smallest absolute Gasteiger partial charge is 0.161 e. The van der Waals surface area contributed by atoms with Crippen molar-refractivity contribution < 1.29 is 4.39 Å². The molecule has 0 atom stereocenters. The number of benzene rings is 1. The molecule has 0 fully saturated rings. The Bertz CT molecular complexity index is 648. The Morgan fingerprint density at radius 2 is 2.15 bits per heavy atom. The van der Waals surface area contributed by atoms with E-state index >= 15 is 0 Å². The average molecular weight is 373 g/mol. The molecule has 0 aliphatic rings. The number of hydrogen-bond acceptors (Lipinski definition) is 3. The lowest BCUT2D eigenvalue weighted by atomic mass is 10.2. The minimum atomic E-state index is -0.375. The molecule has 0 radical (unpaired) electrons. The SMILES string of the molecule is Cc1cc(CNc2ccc(C(N)=S)c(Br)c2F)sc1C. The highest BCUT2D eigenvalue weighted by atomic mass is 79.9. The van der Waals surface area contributed by atoms with Crippen molar-refractivity contribution in [3.8, 4) is 0 Å². The summed E-state index contributed by atoms with van der Waals surface area (Å²) < 4.78 is 14.5. The number of hydrogen-bond donors (Lipinski definition) is 2. The van der Waals surface area contributed by atoms with E-state index in [1.54, 1.807) is 23.5 Å². The third kappa shape index (κ3) is 3.19. The van der Waals surface area contributed by atoms with Gasteiger partial charge in [-0.25, -0.2) is 4.39 Å². The molecule has 0 aliphatic carbocycles. The Morgan fingerprint density at radius 1 is 1.45 bits per heavy atom. The summed E-state index contributed by atoms with van der Waals surface area (Å²) in [5.41, 5.74) is 7.73. The lowest BCUT2D eigenvalue weighted by Crippen LogP contribution is -2.11. The second kappa shape index (κ2) is 6.20. The normalized spacial score (nSPS) is 10.6. The van der Waals surface area contributed by atoms with Crippen molar-refractivity contribution in [1.29, 1.82) is 0 Å². The second-order valence-electron chi connectivity index (χ2n) is 4.46. The van der Waals surface area contributed by atoms with Gasteiger partial charge in [0.15, 0.2) is 5.82 Å². The molecule has 6 heteroatoms. The zero-order valence-electron chi connectivity index (χ0n) is 11.1. The number of aryl methyl sites for hydroxylation is 2. The van der Waals surface area contributed by atoms with Gasteiger partial charge < -0.3 is 11.1 Å². The molecule has 1 aromatic carbocycles. The Kier molecular flexibility index (Phi) is 4.78. The van der Waals surface area contributed by atoms with Crippen molar-refractivity contribution in [1.82, 2.24) is 0 Å². The molecular weight excluding hydrogens is 359 g/mol. The van der Waals surface area contributed by atoms with Crippen LogP contribution in [0.4, 0.5) is 10.1 Å². The highest BCUT2D eigenvalue weighted by Crippen LogP contribution is 2.28. The van der Waals surface area contributed by atoms with E-state index < -0.39 is 0 Å². The molecule has 3 N–H and O–H groups in total. The first-order valence-electron chi connectivity index (χ1n) is 5.97. The van der Waals surface area contributed by atoms with Crippen molar-refractivity contribution in [3.05, 3.63) is 49.4 Å². The summed E-state index contributed by atoms with van der Waals surface area (Å²) in [6, 6.07) is 5.48. The predicted octanol–water partition coefficient (Wildman–Crippen LogP) is 4.51. The maximum Gasteiger partial charge on any atom is 0.161 e. The van der Waals surface area contributed by atoms with Crippen LogP contribution in [0.25, 0.3) is 0 Å². The van der Waals surface area contributed by atoms with Crippen LogP contribution in [0.1, 0.15) is 20.9 Å². The zero-order chi connectivity index (χ0) is 14.9. The van der Waals surface area contributed by atoms with Gasteiger partial charge in [-0.1, -0.05) is 12.2 Å². The predicted molar refractivity (Wildman–Crippen MR) is 91.1 cm³/mol. The van der Waals surface area contributed by atoms with Crippen LogP contribution in [0.2, 0.25) is 0 Å². The van der Waals surface area contributed by atoms with Gasteiger partial charge in [0, 0.05) is 21.9 Å². The van der Waals surface area contributed by atoms with Gasteiger partial charge in [-0.3, -0.25) is 0 Å². The molecule has 2 rings (SSSR count). The quantitative estimate of drug-likeness (QED) is 0.775. The molecular formula is C14H14BrFN2S2. The standard InChI is InChI=1S/C14H14BrFN2S2/c1-7-5-9(20-8(7)2)6-18-11-4-3-10(14(17)19)12(15)13(11)16/h3-5,18H,6H2,1-2H3,(H2,17,19). The van der Waals surface area contributed by atoms with Crippen molar-refractivity contribution in [2.75, 3.05) is 5.32 Å². The fourth-order valence-corrected chi connectivity index (χ4v) is 3.65. The molecule has 20 heavy (non-hydrogen) atoms. The third-order valence-electron chi connectivity index (χ3n) is 3.02. The van der Waals surface area contributed by atoms with E-state index in [0.717, 1.165) is 0 Å². The summed E-state index contributed by atoms with van der Waals surface area (Å²) in [5.74, 6) is -0.375. The molecule has 2 aromatic rings. The second-order valence-corrected chi connectivity index (χ2v) is 7.03. The summed E-state index contributed by atoms with van der Waals surface area (Å²) in [4.78, 5) is 2.63. The molecule has 1 heterocycles. The minimum Gasteiger partial charge on any atom is -0.389 e. The van der Waals surface area contributed by atoms with E-state index in [0.29, 0.717) is 22.3 Å². The largest absolute Gasteiger partial charge is 0.389 e. The van der Waals surface area contributed by atoms with Gasteiger partial charge in [0.2, 0.25) is 0 Å². The van der Waals surface area contributed by atoms with Gasteiger partial charge in [-0.15, -0.1) is 11.3 Å². The minimum absolute atomic E-state index is 0.173. The molecule has 0 spiro atoms. The molecule has 2 nitrogen and oxygen atoms in total. The van der Waals surface area contributed by atoms with Crippen molar-refractivity contribution in [2.45, 2.75) is 20.4 Å². The fourth-order valence-electron chi connectivity index (χ4n) is 1.80. The van der Waals surface area contributed by atoms with Crippen LogP contribution in [0, 0.1) is 19.7 Å². The summed E-state index contributed by atoms with van der Waals surface area (Å²) in [6.45, 7) is 4.75. The van der Waals surface area contributed by atoms with Crippen LogP contribution >= 0.6 is 39.5 Å². The van der Waals surface area contributed by atoms with Crippen LogP contribution in [0.5, 0.6) is 0 Å². The van der Waals surface area contributed by atoms with Gasteiger partial charge in [-0.05, 0) is 53.5 Å². The number of thiocarbonyl (C=S) groups is 1. The van der Waals surface area contributed by atoms with E-state index in [1.165, 1.54) is 15.3 Å². The van der Waals surface area contributed by atoms with Gasteiger partial charge in [0.1, 0.15) is 4.99 Å². The lowest BCUT2D eigenvalue weighted by molar-refractivity contribution is 0.623. The van der Waals surface area contributed by atoms with Gasteiger partial charge >= 0.3 is 0 Å². The highest BCUT2D eigenvalue weighted by Gasteiger charge is 2.13. The summed E-state index contributed by atoms with van der Waals surface area (Å²) in [7, 11) is 0. The molecule has 0 aliphatic heterocycles. The summed E-state index contributed by atoms with van der Waals surface area (Å²) in [5, 5.41) is 3.10. The number of nitrogens with one attached hydrogen (secondary N) is 1. The first-order chi connectivity index (χ1) is 9.40. The fraction of sp³-hybridized carbons (Fsp3) is 0.214. The monoisotopic (exact) mass is 372 g/mol. The van der Waals surface area contributed by atoms with Crippen LogP contribution in [0.15, 0.2) is 22.7 Å². The number of halogens is 2. The van der Waals surface area contributed by atoms with Gasteiger partial charge in [-0.2, -0.15) is 0 Å². The van der Waals surface area contributed by atoms with E-state index in [-0.39, 0.29) is 10.8 Å². The van der Waals surface area contributed by atoms with E-state index in [4.69, 9.17) is 18.0 Å². The first kappa shape index (κ1) is 15.4. The molecule has 0 unspecified atom stereocenters. The number of thiophene rings is 1. The first-order valence-corrected chi connectivity index (χ1v) is 7.99. The topological polar surface area (TPSA) is 38.0 Å². The maximum absolute atomic E-state index is 14.2. The number of rotatable bonds is 4. The lowest BCUT2D eigenvalue weighted by Gasteiger charge is -2.10. The van der Waals surface area contributed by atoms with Gasteiger partial charge in [0.05, 0.1) is 10.2 Å². The summed E-state index contributed by atoms with van der Waals surface area (Å²) in [6.07, 6.45) is 0. The molecule has 1 aromatic heterocycles. The molecule has 0 bridgehead atoms. The molecule has 0 saturated carbocycles. The molecule has 0 amide bonds. The van der Waals surface area contributed by atoms with Crippen molar-refractivity contribution >= 4 is 50.2 Å².